The highest BCUT2D eigenvalue weighted by atomic mass is 32.2. The van der Waals surface area contributed by atoms with E-state index in [1.54, 1.807) is 0 Å². The molecule has 124 valence electrons. The Morgan fingerprint density at radius 2 is 1.79 bits per heavy atom. The summed E-state index contributed by atoms with van der Waals surface area (Å²) in [6.07, 6.45) is 0.231. The summed E-state index contributed by atoms with van der Waals surface area (Å²) in [4.78, 5) is 34.7. The summed E-state index contributed by atoms with van der Waals surface area (Å²) in [6.45, 7) is 0. The zero-order valence-electron chi connectivity index (χ0n) is 12.6. The number of rotatable bonds is 6. The summed E-state index contributed by atoms with van der Waals surface area (Å²) in [5.41, 5.74) is 4.45. The second kappa shape index (κ2) is 8.68. The van der Waals surface area contributed by atoms with Crippen molar-refractivity contribution in [3.63, 3.8) is 0 Å². The normalized spacial score (nSPS) is 10.0. The molecule has 0 aliphatic heterocycles. The van der Waals surface area contributed by atoms with Crippen molar-refractivity contribution in [1.82, 2.24) is 10.9 Å². The van der Waals surface area contributed by atoms with E-state index < -0.39 is 10.8 Å². The first-order valence-corrected chi connectivity index (χ1v) is 8.06. The largest absolute Gasteiger partial charge is 0.273 e. The highest BCUT2D eigenvalue weighted by Crippen LogP contribution is 2.17. The van der Waals surface area contributed by atoms with Gasteiger partial charge in [-0.1, -0.05) is 24.3 Å². The molecule has 0 saturated carbocycles. The van der Waals surface area contributed by atoms with Gasteiger partial charge in [0, 0.05) is 34.8 Å². The number of nitro benzene ring substituents is 1. The highest BCUT2D eigenvalue weighted by molar-refractivity contribution is 7.99. The Labute approximate surface area is 142 Å². The molecule has 0 aromatic heterocycles. The van der Waals surface area contributed by atoms with E-state index in [1.807, 2.05) is 30.3 Å². The van der Waals surface area contributed by atoms with Gasteiger partial charge in [-0.05, 0) is 18.2 Å². The van der Waals surface area contributed by atoms with Crippen molar-refractivity contribution in [3.05, 3.63) is 70.3 Å². The van der Waals surface area contributed by atoms with E-state index in [0.29, 0.717) is 5.75 Å². The van der Waals surface area contributed by atoms with Gasteiger partial charge in [0.1, 0.15) is 0 Å². The molecule has 0 spiro atoms. The fraction of sp³-hybridized carbons (Fsp3) is 0.125. The number of amides is 2. The predicted molar refractivity (Wildman–Crippen MR) is 90.5 cm³/mol. The smallest absolute Gasteiger partial charge is 0.270 e. The van der Waals surface area contributed by atoms with Gasteiger partial charge in [-0.2, -0.15) is 0 Å². The Bertz CT molecular complexity index is 737. The van der Waals surface area contributed by atoms with E-state index in [-0.39, 0.29) is 23.6 Å². The monoisotopic (exact) mass is 345 g/mol. The SMILES string of the molecule is O=C(CCSc1ccccc1)NNC(=O)c1cccc([N+](=O)[O-])c1. The van der Waals surface area contributed by atoms with Crippen molar-refractivity contribution in [3.8, 4) is 0 Å². The fourth-order valence-electron chi connectivity index (χ4n) is 1.80. The second-order valence-corrected chi connectivity index (χ2v) is 5.89. The Morgan fingerprint density at radius 1 is 1.04 bits per heavy atom. The number of non-ortho nitro benzene ring substituents is 1. The van der Waals surface area contributed by atoms with E-state index in [4.69, 9.17) is 0 Å². The summed E-state index contributed by atoms with van der Waals surface area (Å²) in [5, 5.41) is 10.7. The molecule has 0 unspecified atom stereocenters. The minimum Gasteiger partial charge on any atom is -0.273 e. The van der Waals surface area contributed by atoms with Crippen LogP contribution in [0.5, 0.6) is 0 Å². The molecule has 0 atom stereocenters. The van der Waals surface area contributed by atoms with E-state index in [2.05, 4.69) is 10.9 Å². The summed E-state index contributed by atoms with van der Waals surface area (Å²) in [5.74, 6) is -0.373. The van der Waals surface area contributed by atoms with E-state index in [9.17, 15) is 19.7 Å². The minimum atomic E-state index is -0.609. The van der Waals surface area contributed by atoms with Gasteiger partial charge in [0.05, 0.1) is 4.92 Å². The molecule has 0 saturated heterocycles. The van der Waals surface area contributed by atoms with Crippen molar-refractivity contribution < 1.29 is 14.5 Å². The van der Waals surface area contributed by atoms with Crippen LogP contribution in [0.3, 0.4) is 0 Å². The molecule has 0 radical (unpaired) electrons. The van der Waals surface area contributed by atoms with Gasteiger partial charge < -0.3 is 0 Å². The van der Waals surface area contributed by atoms with Crippen molar-refractivity contribution in [1.29, 1.82) is 0 Å². The van der Waals surface area contributed by atoms with E-state index in [1.165, 1.54) is 30.0 Å². The molecule has 0 aliphatic rings. The Kier molecular flexibility index (Phi) is 6.32. The number of nitro groups is 1. The molecule has 2 amide bonds. The lowest BCUT2D eigenvalue weighted by Gasteiger charge is -2.07. The lowest BCUT2D eigenvalue weighted by molar-refractivity contribution is -0.384. The van der Waals surface area contributed by atoms with Crippen molar-refractivity contribution in [2.45, 2.75) is 11.3 Å². The van der Waals surface area contributed by atoms with Gasteiger partial charge in [0.25, 0.3) is 11.6 Å². The van der Waals surface area contributed by atoms with Crippen LogP contribution in [0.15, 0.2) is 59.5 Å². The van der Waals surface area contributed by atoms with Gasteiger partial charge in [-0.15, -0.1) is 11.8 Å². The molecule has 24 heavy (non-hydrogen) atoms. The number of nitrogens with zero attached hydrogens (tertiary/aromatic N) is 1. The van der Waals surface area contributed by atoms with Crippen LogP contribution in [-0.2, 0) is 4.79 Å². The molecule has 8 heteroatoms. The molecule has 2 N–H and O–H groups in total. The predicted octanol–water partition coefficient (Wildman–Crippen LogP) is 2.54. The van der Waals surface area contributed by atoms with E-state index in [0.717, 1.165) is 11.0 Å². The van der Waals surface area contributed by atoms with E-state index >= 15 is 0 Å². The standard InChI is InChI=1S/C16H15N3O4S/c20-15(9-10-24-14-7-2-1-3-8-14)17-18-16(21)12-5-4-6-13(11-12)19(22)23/h1-8,11H,9-10H2,(H,17,20)(H,18,21). The quantitative estimate of drug-likeness (QED) is 0.476. The van der Waals surface area contributed by atoms with Crippen LogP contribution in [-0.4, -0.2) is 22.5 Å². The van der Waals surface area contributed by atoms with Crippen LogP contribution in [0.4, 0.5) is 5.69 Å². The van der Waals surface area contributed by atoms with Gasteiger partial charge in [0.15, 0.2) is 0 Å². The maximum atomic E-state index is 11.9. The number of carbonyl (C=O) groups is 2. The lowest BCUT2D eigenvalue weighted by atomic mass is 10.2. The zero-order chi connectivity index (χ0) is 17.4. The topological polar surface area (TPSA) is 101 Å². The van der Waals surface area contributed by atoms with Crippen molar-refractivity contribution >= 4 is 29.3 Å². The number of benzene rings is 2. The fourth-order valence-corrected chi connectivity index (χ4v) is 2.67. The molecular formula is C16H15N3O4S. The first kappa shape index (κ1) is 17.5. The number of carbonyl (C=O) groups excluding carboxylic acids is 2. The average Bonchev–Trinajstić information content (AvgIpc) is 2.60. The van der Waals surface area contributed by atoms with Crippen molar-refractivity contribution in [2.24, 2.45) is 0 Å². The summed E-state index contributed by atoms with van der Waals surface area (Å²) < 4.78 is 0. The number of hydrogen-bond donors (Lipinski definition) is 2. The number of nitrogens with one attached hydrogen (secondary N) is 2. The first-order valence-electron chi connectivity index (χ1n) is 7.08. The molecule has 2 rings (SSSR count). The highest BCUT2D eigenvalue weighted by Gasteiger charge is 2.12. The Morgan fingerprint density at radius 3 is 2.50 bits per heavy atom. The van der Waals surface area contributed by atoms with Crippen LogP contribution in [0, 0.1) is 10.1 Å². The van der Waals surface area contributed by atoms with Gasteiger partial charge >= 0.3 is 0 Å². The molecule has 7 nitrogen and oxygen atoms in total. The lowest BCUT2D eigenvalue weighted by Crippen LogP contribution is -2.41. The van der Waals surface area contributed by atoms with Gasteiger partial charge in [-0.3, -0.25) is 30.6 Å². The van der Waals surface area contributed by atoms with Crippen LogP contribution in [0.1, 0.15) is 16.8 Å². The summed E-state index contributed by atoms with van der Waals surface area (Å²) >= 11 is 1.54. The Balaban J connectivity index is 1.76. The first-order chi connectivity index (χ1) is 11.6. The second-order valence-electron chi connectivity index (χ2n) is 4.72. The number of thioether (sulfide) groups is 1. The van der Waals surface area contributed by atoms with Crippen LogP contribution >= 0.6 is 11.8 Å². The molecule has 2 aromatic carbocycles. The van der Waals surface area contributed by atoms with Gasteiger partial charge in [0.2, 0.25) is 5.91 Å². The third-order valence-electron chi connectivity index (χ3n) is 2.98. The minimum absolute atomic E-state index is 0.100. The van der Waals surface area contributed by atoms with Crippen molar-refractivity contribution in [2.75, 3.05) is 5.75 Å². The maximum absolute atomic E-state index is 11.9. The maximum Gasteiger partial charge on any atom is 0.270 e. The Hall–Kier alpha value is -2.87. The zero-order valence-corrected chi connectivity index (χ0v) is 13.4. The molecule has 0 heterocycles. The molecule has 2 aromatic rings. The summed E-state index contributed by atoms with van der Waals surface area (Å²) in [6, 6.07) is 14.9. The average molecular weight is 345 g/mol. The third-order valence-corrected chi connectivity index (χ3v) is 3.99. The molecule has 0 aliphatic carbocycles. The molecule has 0 bridgehead atoms. The summed E-state index contributed by atoms with van der Waals surface area (Å²) in [7, 11) is 0. The molecular weight excluding hydrogens is 330 g/mol. The number of hydrogen-bond acceptors (Lipinski definition) is 5. The van der Waals surface area contributed by atoms with Crippen LogP contribution in [0.2, 0.25) is 0 Å². The van der Waals surface area contributed by atoms with Gasteiger partial charge in [-0.25, -0.2) is 0 Å². The third kappa shape index (κ3) is 5.40. The van der Waals surface area contributed by atoms with Crippen LogP contribution < -0.4 is 10.9 Å². The molecule has 0 fully saturated rings. The van der Waals surface area contributed by atoms with Crippen LogP contribution in [0.25, 0.3) is 0 Å². The number of hydrazine groups is 1.